The van der Waals surface area contributed by atoms with E-state index in [0.29, 0.717) is 6.04 Å². The van der Waals surface area contributed by atoms with Gasteiger partial charge in [0.2, 0.25) is 0 Å². The molecule has 17 heavy (non-hydrogen) atoms. The van der Waals surface area contributed by atoms with E-state index in [1.807, 2.05) is 13.8 Å². The molecular weight excluding hydrogens is 208 g/mol. The lowest BCUT2D eigenvalue weighted by Gasteiger charge is -2.32. The topological polar surface area (TPSA) is 29.3 Å². The summed E-state index contributed by atoms with van der Waals surface area (Å²) in [5.41, 5.74) is 5.93. The highest BCUT2D eigenvalue weighted by Gasteiger charge is 2.20. The third kappa shape index (κ3) is 5.87. The Balaban J connectivity index is 0.000000686. The van der Waals surface area contributed by atoms with Crippen LogP contribution in [0, 0.1) is 5.92 Å². The molecule has 0 aromatic carbocycles. The van der Waals surface area contributed by atoms with Gasteiger partial charge >= 0.3 is 0 Å². The molecule has 2 rings (SSSR count). The maximum Gasteiger partial charge on any atom is 0.00631 e. The summed E-state index contributed by atoms with van der Waals surface area (Å²) in [5, 5.41) is 0. The first-order valence-corrected chi connectivity index (χ1v) is 7.82. The largest absolute Gasteiger partial charge is 0.328 e. The van der Waals surface area contributed by atoms with Gasteiger partial charge in [0, 0.05) is 12.6 Å². The maximum atomic E-state index is 5.93. The maximum absolute atomic E-state index is 5.93. The van der Waals surface area contributed by atoms with Crippen molar-refractivity contribution in [2.24, 2.45) is 11.7 Å². The van der Waals surface area contributed by atoms with E-state index >= 15 is 0 Å². The molecule has 102 valence electrons. The van der Waals surface area contributed by atoms with Crippen molar-refractivity contribution in [3.63, 3.8) is 0 Å². The van der Waals surface area contributed by atoms with E-state index in [1.165, 1.54) is 71.0 Å². The van der Waals surface area contributed by atoms with Gasteiger partial charge in [0.25, 0.3) is 0 Å². The standard InChI is InChI=1S/C13H26N2.C2H6/c14-13-7-9-15(10-8-13)11-12-5-3-1-2-4-6-12;1-2/h12-13H,1-11,14H2;1-2H3. The van der Waals surface area contributed by atoms with Gasteiger partial charge in [-0.05, 0) is 44.7 Å². The van der Waals surface area contributed by atoms with Gasteiger partial charge < -0.3 is 10.6 Å². The van der Waals surface area contributed by atoms with Crippen LogP contribution in [0.15, 0.2) is 0 Å². The minimum atomic E-state index is 0.482. The first-order chi connectivity index (χ1) is 8.34. The van der Waals surface area contributed by atoms with Crippen LogP contribution in [0.25, 0.3) is 0 Å². The Morgan fingerprint density at radius 3 is 1.94 bits per heavy atom. The van der Waals surface area contributed by atoms with E-state index in [9.17, 15) is 0 Å². The fraction of sp³-hybridized carbons (Fsp3) is 1.00. The Labute approximate surface area is 108 Å². The highest BCUT2D eigenvalue weighted by molar-refractivity contribution is 4.76. The molecule has 1 heterocycles. The van der Waals surface area contributed by atoms with Gasteiger partial charge in [0.1, 0.15) is 0 Å². The normalized spacial score (nSPS) is 24.9. The van der Waals surface area contributed by atoms with Crippen molar-refractivity contribution in [2.75, 3.05) is 19.6 Å². The highest BCUT2D eigenvalue weighted by Crippen LogP contribution is 2.24. The summed E-state index contributed by atoms with van der Waals surface area (Å²) in [6.07, 6.45) is 11.3. The van der Waals surface area contributed by atoms with Gasteiger partial charge in [-0.15, -0.1) is 0 Å². The Hall–Kier alpha value is -0.0800. The number of nitrogens with two attached hydrogens (primary N) is 1. The van der Waals surface area contributed by atoms with Crippen LogP contribution in [0.2, 0.25) is 0 Å². The van der Waals surface area contributed by atoms with E-state index in [1.54, 1.807) is 0 Å². The zero-order chi connectivity index (χ0) is 12.5. The van der Waals surface area contributed by atoms with Crippen LogP contribution < -0.4 is 5.73 Å². The second-order valence-electron chi connectivity index (χ2n) is 5.50. The van der Waals surface area contributed by atoms with E-state index in [2.05, 4.69) is 4.90 Å². The van der Waals surface area contributed by atoms with Gasteiger partial charge in [-0.25, -0.2) is 0 Å². The average Bonchev–Trinajstić information content (AvgIpc) is 2.63. The lowest BCUT2D eigenvalue weighted by atomic mass is 9.98. The second-order valence-corrected chi connectivity index (χ2v) is 5.50. The van der Waals surface area contributed by atoms with Crippen molar-refractivity contribution in [3.8, 4) is 0 Å². The van der Waals surface area contributed by atoms with Crippen molar-refractivity contribution in [2.45, 2.75) is 71.3 Å². The first-order valence-electron chi connectivity index (χ1n) is 7.82. The predicted molar refractivity (Wildman–Crippen MR) is 76.2 cm³/mol. The van der Waals surface area contributed by atoms with Gasteiger partial charge in [-0.2, -0.15) is 0 Å². The third-order valence-corrected chi connectivity index (χ3v) is 4.12. The number of nitrogens with zero attached hydrogens (tertiary/aromatic N) is 1. The number of piperidine rings is 1. The summed E-state index contributed by atoms with van der Waals surface area (Å²) in [6.45, 7) is 7.85. The van der Waals surface area contributed by atoms with Crippen molar-refractivity contribution in [1.29, 1.82) is 0 Å². The molecule has 2 heteroatoms. The van der Waals surface area contributed by atoms with E-state index in [4.69, 9.17) is 5.73 Å². The molecule has 0 spiro atoms. The van der Waals surface area contributed by atoms with Gasteiger partial charge in [-0.3, -0.25) is 0 Å². The SMILES string of the molecule is CC.NC1CCN(CC2CCCCCC2)CC1. The molecule has 0 bridgehead atoms. The highest BCUT2D eigenvalue weighted by atomic mass is 15.1. The second kappa shape index (κ2) is 8.93. The summed E-state index contributed by atoms with van der Waals surface area (Å²) in [4.78, 5) is 2.65. The van der Waals surface area contributed by atoms with Crippen LogP contribution in [0.5, 0.6) is 0 Å². The molecule has 0 amide bonds. The predicted octanol–water partition coefficient (Wildman–Crippen LogP) is 3.41. The fourth-order valence-corrected chi connectivity index (χ4v) is 3.05. The van der Waals surface area contributed by atoms with Gasteiger partial charge in [0.15, 0.2) is 0 Å². The minimum absolute atomic E-state index is 0.482. The fourth-order valence-electron chi connectivity index (χ4n) is 3.05. The zero-order valence-electron chi connectivity index (χ0n) is 12.0. The van der Waals surface area contributed by atoms with Crippen LogP contribution in [-0.2, 0) is 0 Å². The number of rotatable bonds is 2. The van der Waals surface area contributed by atoms with Crippen molar-refractivity contribution in [3.05, 3.63) is 0 Å². The quantitative estimate of drug-likeness (QED) is 0.750. The van der Waals surface area contributed by atoms with E-state index < -0.39 is 0 Å². The molecule has 0 radical (unpaired) electrons. The molecule has 0 unspecified atom stereocenters. The summed E-state index contributed by atoms with van der Waals surface area (Å²) in [7, 11) is 0. The van der Waals surface area contributed by atoms with Crippen molar-refractivity contribution in [1.82, 2.24) is 4.90 Å². The number of hydrogen-bond donors (Lipinski definition) is 1. The zero-order valence-corrected chi connectivity index (χ0v) is 12.0. The monoisotopic (exact) mass is 240 g/mol. The van der Waals surface area contributed by atoms with Crippen molar-refractivity contribution < 1.29 is 0 Å². The molecule has 0 aromatic heterocycles. The molecule has 0 aromatic rings. The number of likely N-dealkylation sites (tertiary alicyclic amines) is 1. The van der Waals surface area contributed by atoms with E-state index in [-0.39, 0.29) is 0 Å². The molecule has 1 saturated heterocycles. The molecule has 1 aliphatic carbocycles. The third-order valence-electron chi connectivity index (χ3n) is 4.12. The molecule has 0 atom stereocenters. The molecule has 1 saturated carbocycles. The molecule has 2 fully saturated rings. The van der Waals surface area contributed by atoms with Gasteiger partial charge in [0.05, 0.1) is 0 Å². The van der Waals surface area contributed by atoms with Crippen molar-refractivity contribution >= 4 is 0 Å². The first kappa shape index (κ1) is 15.0. The molecular formula is C15H32N2. The molecule has 2 nitrogen and oxygen atoms in total. The lowest BCUT2D eigenvalue weighted by molar-refractivity contribution is 0.176. The number of hydrogen-bond acceptors (Lipinski definition) is 2. The average molecular weight is 240 g/mol. The summed E-state index contributed by atoms with van der Waals surface area (Å²) in [6, 6.07) is 0.482. The summed E-state index contributed by atoms with van der Waals surface area (Å²) < 4.78 is 0. The smallest absolute Gasteiger partial charge is 0.00631 e. The van der Waals surface area contributed by atoms with Crippen LogP contribution in [0.1, 0.15) is 65.2 Å². The van der Waals surface area contributed by atoms with Crippen LogP contribution in [0.4, 0.5) is 0 Å². The molecule has 2 N–H and O–H groups in total. The van der Waals surface area contributed by atoms with E-state index in [0.717, 1.165) is 5.92 Å². The summed E-state index contributed by atoms with van der Waals surface area (Å²) in [5.74, 6) is 0.988. The Kier molecular flexibility index (Phi) is 7.87. The molecule has 2 aliphatic rings. The Morgan fingerprint density at radius 2 is 1.41 bits per heavy atom. The van der Waals surface area contributed by atoms with Gasteiger partial charge in [-0.1, -0.05) is 39.5 Å². The van der Waals surface area contributed by atoms with Crippen LogP contribution in [-0.4, -0.2) is 30.6 Å². The minimum Gasteiger partial charge on any atom is -0.328 e. The molecule has 1 aliphatic heterocycles. The lowest BCUT2D eigenvalue weighted by Crippen LogP contribution is -2.41. The summed E-state index contributed by atoms with van der Waals surface area (Å²) >= 11 is 0. The van der Waals surface area contributed by atoms with Crippen LogP contribution in [0.3, 0.4) is 0 Å². The van der Waals surface area contributed by atoms with Crippen LogP contribution >= 0.6 is 0 Å². The Bertz CT molecular complexity index is 166. The Morgan fingerprint density at radius 1 is 0.882 bits per heavy atom.